The number of aromatic nitrogens is 1. The van der Waals surface area contributed by atoms with Crippen molar-refractivity contribution in [2.24, 2.45) is 0 Å². The number of rotatable bonds is 5. The fourth-order valence-electron chi connectivity index (χ4n) is 2.27. The van der Waals surface area contributed by atoms with E-state index in [0.29, 0.717) is 16.9 Å². The number of hydrogen-bond acceptors (Lipinski definition) is 4. The molecule has 1 aromatic heterocycles. The topological polar surface area (TPSA) is 59.1 Å². The molecule has 0 aliphatic rings. The number of hydrogen-bond donors (Lipinski definition) is 1. The maximum Gasteiger partial charge on any atom is 0.230 e. The average molecular weight is 354 g/mol. The first kappa shape index (κ1) is 17.0. The van der Waals surface area contributed by atoms with Crippen LogP contribution in [0.25, 0.3) is 10.6 Å². The zero-order valence-electron chi connectivity index (χ0n) is 13.5. The summed E-state index contributed by atoms with van der Waals surface area (Å²) in [5.74, 6) is -0.504. The molecule has 6 heteroatoms. The highest BCUT2D eigenvalue weighted by atomic mass is 32.1. The van der Waals surface area contributed by atoms with Crippen LogP contribution in [0.2, 0.25) is 0 Å². The molecule has 3 aromatic rings. The average Bonchev–Trinajstić information content (AvgIpc) is 3.04. The summed E-state index contributed by atoms with van der Waals surface area (Å²) in [4.78, 5) is 27.8. The van der Waals surface area contributed by atoms with Gasteiger partial charge in [-0.15, -0.1) is 11.3 Å². The molecule has 0 aliphatic carbocycles. The summed E-state index contributed by atoms with van der Waals surface area (Å²) in [6, 6.07) is 12.8. The predicted octanol–water partition coefficient (Wildman–Crippen LogP) is 4.33. The number of carbonyl (C=O) groups excluding carboxylic acids is 2. The molecule has 2 aromatic carbocycles. The Balaban J connectivity index is 1.63. The zero-order chi connectivity index (χ0) is 17.8. The summed E-state index contributed by atoms with van der Waals surface area (Å²) in [6.07, 6.45) is 0.145. The van der Waals surface area contributed by atoms with Gasteiger partial charge in [-0.25, -0.2) is 9.37 Å². The van der Waals surface area contributed by atoms with Crippen molar-refractivity contribution < 1.29 is 14.0 Å². The molecule has 0 unspecified atom stereocenters. The third kappa shape index (κ3) is 4.36. The summed E-state index contributed by atoms with van der Waals surface area (Å²) in [5, 5.41) is 5.34. The Bertz CT molecular complexity index is 902. The number of thiazole rings is 1. The third-order valence-electron chi connectivity index (χ3n) is 3.56. The van der Waals surface area contributed by atoms with Crippen LogP contribution in [0.1, 0.15) is 23.0 Å². The van der Waals surface area contributed by atoms with Gasteiger partial charge in [-0.2, -0.15) is 0 Å². The van der Waals surface area contributed by atoms with Gasteiger partial charge in [0.05, 0.1) is 12.1 Å². The normalized spacial score (nSPS) is 10.5. The summed E-state index contributed by atoms with van der Waals surface area (Å²) in [5.41, 5.74) is 2.70. The second kappa shape index (κ2) is 7.36. The molecule has 0 saturated carbocycles. The van der Waals surface area contributed by atoms with Crippen LogP contribution < -0.4 is 5.32 Å². The lowest BCUT2D eigenvalue weighted by molar-refractivity contribution is -0.115. The number of nitrogens with zero attached hydrogens (tertiary/aromatic N) is 1. The SMILES string of the molecule is CC(=O)c1ccc(NC(=O)Cc2csc(-c3ccc(F)cc3)n2)cc1. The van der Waals surface area contributed by atoms with E-state index in [4.69, 9.17) is 0 Å². The lowest BCUT2D eigenvalue weighted by Gasteiger charge is -2.04. The first-order valence-electron chi connectivity index (χ1n) is 7.62. The Morgan fingerprint density at radius 3 is 2.40 bits per heavy atom. The highest BCUT2D eigenvalue weighted by Gasteiger charge is 2.10. The monoisotopic (exact) mass is 354 g/mol. The lowest BCUT2D eigenvalue weighted by Crippen LogP contribution is -2.14. The van der Waals surface area contributed by atoms with Crippen LogP contribution in [0, 0.1) is 5.82 Å². The van der Waals surface area contributed by atoms with Crippen molar-refractivity contribution in [1.29, 1.82) is 0 Å². The quantitative estimate of drug-likeness (QED) is 0.694. The number of halogens is 1. The number of amides is 1. The van der Waals surface area contributed by atoms with Crippen LogP contribution in [0.5, 0.6) is 0 Å². The lowest BCUT2D eigenvalue weighted by atomic mass is 10.1. The van der Waals surface area contributed by atoms with Crippen LogP contribution in [-0.4, -0.2) is 16.7 Å². The van der Waals surface area contributed by atoms with E-state index in [1.54, 1.807) is 36.4 Å². The highest BCUT2D eigenvalue weighted by Crippen LogP contribution is 2.24. The van der Waals surface area contributed by atoms with Gasteiger partial charge in [-0.1, -0.05) is 0 Å². The summed E-state index contributed by atoms with van der Waals surface area (Å²) in [6.45, 7) is 1.49. The van der Waals surface area contributed by atoms with Gasteiger partial charge in [0.15, 0.2) is 5.78 Å². The molecule has 0 bridgehead atoms. The summed E-state index contributed by atoms with van der Waals surface area (Å²) < 4.78 is 13.0. The van der Waals surface area contributed by atoms with E-state index in [-0.39, 0.29) is 23.9 Å². The first-order valence-corrected chi connectivity index (χ1v) is 8.50. The van der Waals surface area contributed by atoms with Crippen LogP contribution in [-0.2, 0) is 11.2 Å². The van der Waals surface area contributed by atoms with Gasteiger partial charge in [-0.3, -0.25) is 9.59 Å². The number of benzene rings is 2. The zero-order valence-corrected chi connectivity index (χ0v) is 14.3. The van der Waals surface area contributed by atoms with E-state index in [0.717, 1.165) is 10.6 Å². The maximum atomic E-state index is 13.0. The molecule has 0 aliphatic heterocycles. The number of anilines is 1. The largest absolute Gasteiger partial charge is 0.326 e. The minimum absolute atomic E-state index is 0.0197. The van der Waals surface area contributed by atoms with E-state index in [1.807, 2.05) is 5.38 Å². The van der Waals surface area contributed by atoms with Crippen molar-refractivity contribution in [3.63, 3.8) is 0 Å². The van der Waals surface area contributed by atoms with Crippen molar-refractivity contribution in [2.75, 3.05) is 5.32 Å². The van der Waals surface area contributed by atoms with Gasteiger partial charge in [-0.05, 0) is 55.5 Å². The number of ketones is 1. The van der Waals surface area contributed by atoms with Crippen molar-refractivity contribution in [2.45, 2.75) is 13.3 Å². The molecule has 0 atom stereocenters. The van der Waals surface area contributed by atoms with Gasteiger partial charge in [0.1, 0.15) is 10.8 Å². The van der Waals surface area contributed by atoms with Crippen molar-refractivity contribution in [3.8, 4) is 10.6 Å². The Morgan fingerprint density at radius 1 is 1.08 bits per heavy atom. The highest BCUT2D eigenvalue weighted by molar-refractivity contribution is 7.13. The van der Waals surface area contributed by atoms with Crippen molar-refractivity contribution >= 4 is 28.7 Å². The summed E-state index contributed by atoms with van der Waals surface area (Å²) >= 11 is 1.41. The van der Waals surface area contributed by atoms with E-state index < -0.39 is 0 Å². The van der Waals surface area contributed by atoms with Gasteiger partial charge >= 0.3 is 0 Å². The van der Waals surface area contributed by atoms with Crippen LogP contribution in [0.15, 0.2) is 53.9 Å². The van der Waals surface area contributed by atoms with Crippen molar-refractivity contribution in [1.82, 2.24) is 4.98 Å². The fourth-order valence-corrected chi connectivity index (χ4v) is 3.10. The Kier molecular flexibility index (Phi) is 5.00. The molecule has 25 heavy (non-hydrogen) atoms. The molecule has 0 saturated heterocycles. The van der Waals surface area contributed by atoms with Gasteiger partial charge < -0.3 is 5.32 Å². The minimum Gasteiger partial charge on any atom is -0.326 e. The standard InChI is InChI=1S/C19H15FN2O2S/c1-12(23)13-4-8-16(9-5-13)21-18(24)10-17-11-25-19(22-17)14-2-6-15(20)7-3-14/h2-9,11H,10H2,1H3,(H,21,24). The number of nitrogens with one attached hydrogen (secondary N) is 1. The van der Waals surface area contributed by atoms with Crippen LogP contribution >= 0.6 is 11.3 Å². The molecular weight excluding hydrogens is 339 g/mol. The second-order valence-corrected chi connectivity index (χ2v) is 6.37. The third-order valence-corrected chi connectivity index (χ3v) is 4.50. The number of carbonyl (C=O) groups is 2. The van der Waals surface area contributed by atoms with Crippen LogP contribution in [0.4, 0.5) is 10.1 Å². The Labute approximate surface area is 148 Å². The van der Waals surface area contributed by atoms with E-state index >= 15 is 0 Å². The Morgan fingerprint density at radius 2 is 1.76 bits per heavy atom. The molecular formula is C19H15FN2O2S. The number of Topliss-reactive ketones (excluding diaryl/α,β-unsaturated/α-hetero) is 1. The van der Waals surface area contributed by atoms with E-state index in [9.17, 15) is 14.0 Å². The van der Waals surface area contributed by atoms with Gasteiger partial charge in [0, 0.05) is 22.2 Å². The molecule has 0 fully saturated rings. The summed E-state index contributed by atoms with van der Waals surface area (Å²) in [7, 11) is 0. The molecule has 0 radical (unpaired) electrons. The molecule has 1 heterocycles. The van der Waals surface area contributed by atoms with E-state index in [2.05, 4.69) is 10.3 Å². The molecule has 3 rings (SSSR count). The molecule has 126 valence electrons. The van der Waals surface area contributed by atoms with Crippen LogP contribution in [0.3, 0.4) is 0 Å². The second-order valence-electron chi connectivity index (χ2n) is 5.51. The molecule has 1 amide bonds. The first-order chi connectivity index (χ1) is 12.0. The smallest absolute Gasteiger partial charge is 0.230 e. The predicted molar refractivity (Wildman–Crippen MR) is 96.3 cm³/mol. The van der Waals surface area contributed by atoms with Gasteiger partial charge in [0.25, 0.3) is 0 Å². The van der Waals surface area contributed by atoms with Gasteiger partial charge in [0.2, 0.25) is 5.91 Å². The molecule has 4 nitrogen and oxygen atoms in total. The maximum absolute atomic E-state index is 13.0. The van der Waals surface area contributed by atoms with Crippen molar-refractivity contribution in [3.05, 3.63) is 71.0 Å². The molecule has 0 spiro atoms. The Hall–Kier alpha value is -2.86. The van der Waals surface area contributed by atoms with E-state index in [1.165, 1.54) is 30.4 Å². The molecule has 1 N–H and O–H groups in total. The fraction of sp³-hybridized carbons (Fsp3) is 0.105. The minimum atomic E-state index is -0.296.